The van der Waals surface area contributed by atoms with Crippen LogP contribution in [0.4, 0.5) is 0 Å². The maximum Gasteiger partial charge on any atom is 0.336 e. The number of aromatic amines is 1. The van der Waals surface area contributed by atoms with Gasteiger partial charge in [-0.05, 0) is 30.7 Å². The van der Waals surface area contributed by atoms with Gasteiger partial charge >= 0.3 is 5.63 Å². The number of hydrogen-bond donors (Lipinski definition) is 1. The average Bonchev–Trinajstić information content (AvgIpc) is 2.63. The van der Waals surface area contributed by atoms with Crippen LogP contribution in [0.15, 0.2) is 39.7 Å². The minimum Gasteiger partial charge on any atom is -0.423 e. The van der Waals surface area contributed by atoms with Gasteiger partial charge in [0.15, 0.2) is 0 Å². The zero-order chi connectivity index (χ0) is 10.4. The summed E-state index contributed by atoms with van der Waals surface area (Å²) < 4.78 is 5.15. The Morgan fingerprint density at radius 1 is 1.27 bits per heavy atom. The molecule has 3 rings (SSSR count). The molecule has 0 aliphatic carbocycles. The zero-order valence-corrected chi connectivity index (χ0v) is 8.20. The average molecular weight is 199 g/mol. The third-order valence-electron chi connectivity index (χ3n) is 2.64. The maximum atomic E-state index is 11.2. The SMILES string of the molecule is Cc1cc(=O)oc2ccc3[nH]ccc3c12. The van der Waals surface area contributed by atoms with E-state index in [4.69, 9.17) is 4.42 Å². The Bertz CT molecular complexity index is 706. The van der Waals surface area contributed by atoms with Crippen LogP contribution in [-0.4, -0.2) is 4.98 Å². The second kappa shape index (κ2) is 2.73. The third-order valence-corrected chi connectivity index (χ3v) is 2.64. The lowest BCUT2D eigenvalue weighted by Gasteiger charge is -2.01. The molecule has 1 N–H and O–H groups in total. The van der Waals surface area contributed by atoms with Gasteiger partial charge in [0.05, 0.1) is 0 Å². The third kappa shape index (κ3) is 1.09. The van der Waals surface area contributed by atoms with E-state index in [0.29, 0.717) is 5.58 Å². The molecule has 0 atom stereocenters. The van der Waals surface area contributed by atoms with Crippen LogP contribution in [0.25, 0.3) is 21.9 Å². The van der Waals surface area contributed by atoms with E-state index in [0.717, 1.165) is 21.9 Å². The predicted molar refractivity (Wildman–Crippen MR) is 59.1 cm³/mol. The van der Waals surface area contributed by atoms with Crippen LogP contribution in [0.5, 0.6) is 0 Å². The summed E-state index contributed by atoms with van der Waals surface area (Å²) in [6.07, 6.45) is 1.88. The molecule has 3 aromatic rings. The van der Waals surface area contributed by atoms with Gasteiger partial charge in [0.2, 0.25) is 0 Å². The summed E-state index contributed by atoms with van der Waals surface area (Å²) in [6.45, 7) is 1.92. The van der Waals surface area contributed by atoms with Gasteiger partial charge in [-0.25, -0.2) is 4.79 Å². The molecule has 2 aromatic heterocycles. The fourth-order valence-corrected chi connectivity index (χ4v) is 1.99. The Hall–Kier alpha value is -2.03. The van der Waals surface area contributed by atoms with E-state index in [2.05, 4.69) is 4.98 Å². The molecule has 2 heterocycles. The van der Waals surface area contributed by atoms with Crippen LogP contribution in [0.3, 0.4) is 0 Å². The summed E-state index contributed by atoms with van der Waals surface area (Å²) in [7, 11) is 0. The lowest BCUT2D eigenvalue weighted by Crippen LogP contribution is -1.97. The normalized spacial score (nSPS) is 11.3. The van der Waals surface area contributed by atoms with Gasteiger partial charge in [-0.15, -0.1) is 0 Å². The maximum absolute atomic E-state index is 11.2. The smallest absolute Gasteiger partial charge is 0.336 e. The first-order valence-electron chi connectivity index (χ1n) is 4.76. The summed E-state index contributed by atoms with van der Waals surface area (Å²) in [4.78, 5) is 14.3. The number of H-pyrrole nitrogens is 1. The highest BCUT2D eigenvalue weighted by molar-refractivity contribution is 6.05. The van der Waals surface area contributed by atoms with Crippen molar-refractivity contribution in [2.75, 3.05) is 0 Å². The first-order valence-corrected chi connectivity index (χ1v) is 4.76. The van der Waals surface area contributed by atoms with Crippen LogP contribution in [0.2, 0.25) is 0 Å². The predicted octanol–water partition coefficient (Wildman–Crippen LogP) is 2.58. The van der Waals surface area contributed by atoms with Crippen molar-refractivity contribution in [3.05, 3.63) is 46.4 Å². The van der Waals surface area contributed by atoms with Crippen molar-refractivity contribution in [3.8, 4) is 0 Å². The van der Waals surface area contributed by atoms with Crippen molar-refractivity contribution in [2.45, 2.75) is 6.92 Å². The molecule has 0 spiro atoms. The second-order valence-corrected chi connectivity index (χ2v) is 3.63. The fraction of sp³-hybridized carbons (Fsp3) is 0.0833. The van der Waals surface area contributed by atoms with Crippen LogP contribution in [-0.2, 0) is 0 Å². The number of benzene rings is 1. The highest BCUT2D eigenvalue weighted by Gasteiger charge is 2.06. The molecule has 0 fully saturated rings. The number of hydrogen-bond acceptors (Lipinski definition) is 2. The molecule has 0 radical (unpaired) electrons. The van der Waals surface area contributed by atoms with Gasteiger partial charge in [0.25, 0.3) is 0 Å². The van der Waals surface area contributed by atoms with E-state index < -0.39 is 0 Å². The van der Waals surface area contributed by atoms with Crippen molar-refractivity contribution in [3.63, 3.8) is 0 Å². The Morgan fingerprint density at radius 3 is 3.00 bits per heavy atom. The minimum absolute atomic E-state index is 0.296. The topological polar surface area (TPSA) is 46.0 Å². The Labute approximate surface area is 85.3 Å². The van der Waals surface area contributed by atoms with E-state index in [1.807, 2.05) is 31.3 Å². The van der Waals surface area contributed by atoms with Gasteiger partial charge < -0.3 is 9.40 Å². The fourth-order valence-electron chi connectivity index (χ4n) is 1.99. The second-order valence-electron chi connectivity index (χ2n) is 3.63. The Balaban J connectivity index is 2.68. The quantitative estimate of drug-likeness (QED) is 0.565. The summed E-state index contributed by atoms with van der Waals surface area (Å²) >= 11 is 0. The minimum atomic E-state index is -0.296. The highest BCUT2D eigenvalue weighted by atomic mass is 16.4. The molecule has 15 heavy (non-hydrogen) atoms. The van der Waals surface area contributed by atoms with Gasteiger partial charge in [0, 0.05) is 28.6 Å². The van der Waals surface area contributed by atoms with E-state index in [9.17, 15) is 4.79 Å². The summed E-state index contributed by atoms with van der Waals surface area (Å²) in [6, 6.07) is 7.25. The summed E-state index contributed by atoms with van der Waals surface area (Å²) in [5.74, 6) is 0. The van der Waals surface area contributed by atoms with E-state index in [1.54, 1.807) is 0 Å². The molecule has 0 unspecified atom stereocenters. The van der Waals surface area contributed by atoms with Gasteiger partial charge in [0.1, 0.15) is 5.58 Å². The monoisotopic (exact) mass is 199 g/mol. The van der Waals surface area contributed by atoms with Crippen LogP contribution >= 0.6 is 0 Å². The van der Waals surface area contributed by atoms with Gasteiger partial charge in [-0.3, -0.25) is 0 Å². The Morgan fingerprint density at radius 2 is 2.13 bits per heavy atom. The first kappa shape index (κ1) is 8.29. The van der Waals surface area contributed by atoms with Crippen LogP contribution in [0, 0.1) is 6.92 Å². The largest absolute Gasteiger partial charge is 0.423 e. The molecule has 3 heteroatoms. The molecule has 3 nitrogen and oxygen atoms in total. The molecular weight excluding hydrogens is 190 g/mol. The summed E-state index contributed by atoms with van der Waals surface area (Å²) in [5.41, 5.74) is 2.35. The number of aryl methyl sites for hydroxylation is 1. The van der Waals surface area contributed by atoms with Crippen LogP contribution < -0.4 is 5.63 Å². The molecule has 0 saturated heterocycles. The van der Waals surface area contributed by atoms with Crippen molar-refractivity contribution >= 4 is 21.9 Å². The lowest BCUT2D eigenvalue weighted by atomic mass is 10.1. The molecule has 0 bridgehead atoms. The molecule has 0 aliphatic heterocycles. The van der Waals surface area contributed by atoms with E-state index in [-0.39, 0.29) is 5.63 Å². The van der Waals surface area contributed by atoms with E-state index in [1.165, 1.54) is 6.07 Å². The zero-order valence-electron chi connectivity index (χ0n) is 8.20. The number of fused-ring (bicyclic) bond motifs is 3. The molecule has 0 amide bonds. The van der Waals surface area contributed by atoms with Crippen LogP contribution in [0.1, 0.15) is 5.56 Å². The van der Waals surface area contributed by atoms with Crippen molar-refractivity contribution in [1.29, 1.82) is 0 Å². The number of rotatable bonds is 0. The van der Waals surface area contributed by atoms with Gasteiger partial charge in [-0.1, -0.05) is 0 Å². The molecular formula is C12H9NO2. The molecule has 74 valence electrons. The van der Waals surface area contributed by atoms with E-state index >= 15 is 0 Å². The first-order chi connectivity index (χ1) is 7.25. The Kier molecular flexibility index (Phi) is 1.51. The van der Waals surface area contributed by atoms with Crippen molar-refractivity contribution in [1.82, 2.24) is 4.98 Å². The number of nitrogens with one attached hydrogen (secondary N) is 1. The standard InChI is InChI=1S/C12H9NO2/c1-7-6-11(14)15-10-3-2-9-8(12(7)10)4-5-13-9/h2-6,13H,1H3. The molecule has 0 aliphatic rings. The summed E-state index contributed by atoms with van der Waals surface area (Å²) in [5, 5.41) is 2.10. The highest BCUT2D eigenvalue weighted by Crippen LogP contribution is 2.25. The number of aromatic nitrogens is 1. The van der Waals surface area contributed by atoms with Crippen molar-refractivity contribution < 1.29 is 4.42 Å². The lowest BCUT2D eigenvalue weighted by molar-refractivity contribution is 0.560. The molecule has 0 saturated carbocycles. The molecule has 1 aromatic carbocycles. The van der Waals surface area contributed by atoms with Gasteiger partial charge in [-0.2, -0.15) is 0 Å². The van der Waals surface area contributed by atoms with Crippen molar-refractivity contribution in [2.24, 2.45) is 0 Å².